The zero-order valence-corrected chi connectivity index (χ0v) is 18.7. The van der Waals surface area contributed by atoms with Crippen LogP contribution in [-0.2, 0) is 24.3 Å². The Labute approximate surface area is 200 Å². The van der Waals surface area contributed by atoms with Gasteiger partial charge in [0.2, 0.25) is 19.5 Å². The number of anilines is 1. The molecule has 0 unspecified atom stereocenters. The Bertz CT molecular complexity index is 1400. The fourth-order valence-corrected chi connectivity index (χ4v) is 3.89. The fourth-order valence-electron chi connectivity index (χ4n) is 3.89. The fraction of sp³-hybridized carbons (Fsp3) is 0.250. The molecule has 2 aliphatic heterocycles. The number of rotatable bonds is 8. The lowest BCUT2D eigenvalue weighted by Crippen LogP contribution is -2.23. The number of carbonyl (C=O) groups is 1. The standard InChI is InChI=1S/C24H22N6O5/c31-24(26-12-16-2-4-18-20(10-16)35-14-33-18)8-7-23-28-27-22-6-5-21(29-30(22)23)25-11-15-1-3-17-19(9-15)34-13-32-17/h1-6,9-10H,7-8,11-14H2,(H,25,29)(H,26,31). The van der Waals surface area contributed by atoms with Gasteiger partial charge >= 0.3 is 0 Å². The Morgan fingerprint density at radius 1 is 0.829 bits per heavy atom. The molecule has 2 aliphatic rings. The molecule has 4 heterocycles. The number of hydrogen-bond donors (Lipinski definition) is 2. The Kier molecular flexibility index (Phi) is 5.41. The average molecular weight is 474 g/mol. The van der Waals surface area contributed by atoms with Gasteiger partial charge in [-0.3, -0.25) is 4.79 Å². The van der Waals surface area contributed by atoms with Gasteiger partial charge in [-0.05, 0) is 47.5 Å². The van der Waals surface area contributed by atoms with E-state index >= 15 is 0 Å². The van der Waals surface area contributed by atoms with Gasteiger partial charge < -0.3 is 29.6 Å². The van der Waals surface area contributed by atoms with Gasteiger partial charge in [0.25, 0.3) is 0 Å². The maximum absolute atomic E-state index is 12.4. The van der Waals surface area contributed by atoms with Crippen LogP contribution in [0.2, 0.25) is 0 Å². The molecule has 0 bridgehead atoms. The molecule has 2 aromatic heterocycles. The van der Waals surface area contributed by atoms with Gasteiger partial charge in [0, 0.05) is 25.9 Å². The number of ether oxygens (including phenoxy) is 4. The van der Waals surface area contributed by atoms with E-state index in [1.807, 2.05) is 48.5 Å². The van der Waals surface area contributed by atoms with Crippen molar-refractivity contribution in [1.82, 2.24) is 25.1 Å². The van der Waals surface area contributed by atoms with E-state index in [2.05, 4.69) is 25.9 Å². The van der Waals surface area contributed by atoms with Crippen LogP contribution in [0.1, 0.15) is 23.4 Å². The molecule has 0 saturated carbocycles. The lowest BCUT2D eigenvalue weighted by Gasteiger charge is -2.08. The Balaban J connectivity index is 1.05. The largest absolute Gasteiger partial charge is 0.454 e. The minimum atomic E-state index is -0.0866. The van der Waals surface area contributed by atoms with Gasteiger partial charge in [0.15, 0.2) is 34.5 Å². The summed E-state index contributed by atoms with van der Waals surface area (Å²) in [4.78, 5) is 12.4. The number of hydrogen-bond acceptors (Lipinski definition) is 9. The smallest absolute Gasteiger partial charge is 0.231 e. The minimum absolute atomic E-state index is 0.0866. The summed E-state index contributed by atoms with van der Waals surface area (Å²) in [5.74, 6) is 4.11. The van der Waals surface area contributed by atoms with Crippen LogP contribution in [0.25, 0.3) is 5.65 Å². The first kappa shape index (κ1) is 21.0. The highest BCUT2D eigenvalue weighted by atomic mass is 16.7. The van der Waals surface area contributed by atoms with Gasteiger partial charge in [-0.1, -0.05) is 12.1 Å². The van der Waals surface area contributed by atoms with E-state index in [9.17, 15) is 4.79 Å². The van der Waals surface area contributed by atoms with Crippen molar-refractivity contribution in [1.29, 1.82) is 0 Å². The van der Waals surface area contributed by atoms with Crippen LogP contribution >= 0.6 is 0 Å². The molecule has 4 aromatic rings. The van der Waals surface area contributed by atoms with Crippen LogP contribution in [0.15, 0.2) is 48.5 Å². The summed E-state index contributed by atoms with van der Waals surface area (Å²) in [5.41, 5.74) is 2.60. The second kappa shape index (κ2) is 9.01. The molecule has 6 rings (SSSR count). The Hall–Kier alpha value is -4.54. The van der Waals surface area contributed by atoms with Crippen LogP contribution in [0, 0.1) is 0 Å². The second-order valence-corrected chi connectivity index (χ2v) is 8.11. The summed E-state index contributed by atoms with van der Waals surface area (Å²) in [6, 6.07) is 15.1. The molecule has 0 radical (unpaired) electrons. The van der Waals surface area contributed by atoms with Crippen molar-refractivity contribution in [3.63, 3.8) is 0 Å². The van der Waals surface area contributed by atoms with Crippen molar-refractivity contribution in [2.75, 3.05) is 18.9 Å². The van der Waals surface area contributed by atoms with Crippen molar-refractivity contribution in [2.24, 2.45) is 0 Å². The Morgan fingerprint density at radius 2 is 1.51 bits per heavy atom. The highest BCUT2D eigenvalue weighted by Gasteiger charge is 2.15. The van der Waals surface area contributed by atoms with Gasteiger partial charge in [-0.25, -0.2) is 0 Å². The van der Waals surface area contributed by atoms with Gasteiger partial charge in [-0.15, -0.1) is 15.3 Å². The van der Waals surface area contributed by atoms with Crippen molar-refractivity contribution < 1.29 is 23.7 Å². The predicted molar refractivity (Wildman–Crippen MR) is 123 cm³/mol. The molecule has 0 saturated heterocycles. The molecule has 0 spiro atoms. The monoisotopic (exact) mass is 474 g/mol. The molecule has 0 atom stereocenters. The highest BCUT2D eigenvalue weighted by molar-refractivity contribution is 5.76. The molecule has 11 heteroatoms. The summed E-state index contributed by atoms with van der Waals surface area (Å²) in [6.07, 6.45) is 0.675. The van der Waals surface area contributed by atoms with Gasteiger partial charge in [-0.2, -0.15) is 4.52 Å². The van der Waals surface area contributed by atoms with E-state index in [1.54, 1.807) is 4.52 Å². The molecular formula is C24H22N6O5. The normalized spacial score (nSPS) is 13.3. The third-order valence-corrected chi connectivity index (χ3v) is 5.74. The number of nitrogens with zero attached hydrogens (tertiary/aromatic N) is 4. The number of nitrogens with one attached hydrogen (secondary N) is 2. The van der Waals surface area contributed by atoms with Crippen LogP contribution < -0.4 is 29.6 Å². The third kappa shape index (κ3) is 4.47. The summed E-state index contributed by atoms with van der Waals surface area (Å²) in [5, 5.41) is 19.2. The molecule has 0 fully saturated rings. The molecule has 178 valence electrons. The first-order chi connectivity index (χ1) is 17.2. The lowest BCUT2D eigenvalue weighted by molar-refractivity contribution is -0.121. The van der Waals surface area contributed by atoms with E-state index in [0.29, 0.717) is 42.5 Å². The summed E-state index contributed by atoms with van der Waals surface area (Å²) in [7, 11) is 0. The van der Waals surface area contributed by atoms with Crippen LogP contribution in [0.3, 0.4) is 0 Å². The molecule has 11 nitrogen and oxygen atoms in total. The van der Waals surface area contributed by atoms with E-state index < -0.39 is 0 Å². The zero-order valence-electron chi connectivity index (χ0n) is 18.7. The number of fused-ring (bicyclic) bond motifs is 3. The number of carbonyl (C=O) groups excluding carboxylic acids is 1. The topological polar surface area (TPSA) is 121 Å². The van der Waals surface area contributed by atoms with E-state index in [1.165, 1.54) is 0 Å². The maximum Gasteiger partial charge on any atom is 0.231 e. The van der Waals surface area contributed by atoms with Crippen molar-refractivity contribution >= 4 is 17.4 Å². The summed E-state index contributed by atoms with van der Waals surface area (Å²) in [6.45, 7) is 1.44. The Morgan fingerprint density at radius 3 is 2.26 bits per heavy atom. The highest BCUT2D eigenvalue weighted by Crippen LogP contribution is 2.33. The molecule has 2 aromatic carbocycles. The quantitative estimate of drug-likeness (QED) is 0.397. The van der Waals surface area contributed by atoms with Gasteiger partial charge in [0.05, 0.1) is 0 Å². The number of aromatic nitrogens is 4. The predicted octanol–water partition coefficient (Wildman–Crippen LogP) is 2.44. The SMILES string of the molecule is O=C(CCc1nnc2ccc(NCc3ccc4c(c3)OCO4)nn12)NCc1ccc2c(c1)OCO2. The minimum Gasteiger partial charge on any atom is -0.454 e. The van der Waals surface area contributed by atoms with Crippen LogP contribution in [0.5, 0.6) is 23.0 Å². The van der Waals surface area contributed by atoms with Crippen molar-refractivity contribution in [3.8, 4) is 23.0 Å². The summed E-state index contributed by atoms with van der Waals surface area (Å²) < 4.78 is 23.1. The molecule has 2 N–H and O–H groups in total. The zero-order chi connectivity index (χ0) is 23.6. The first-order valence-electron chi connectivity index (χ1n) is 11.2. The molecular weight excluding hydrogens is 452 g/mol. The first-order valence-corrected chi connectivity index (χ1v) is 11.2. The summed E-state index contributed by atoms with van der Waals surface area (Å²) >= 11 is 0. The van der Waals surface area contributed by atoms with Crippen LogP contribution in [-0.4, -0.2) is 39.3 Å². The van der Waals surface area contributed by atoms with Gasteiger partial charge in [0.1, 0.15) is 5.82 Å². The second-order valence-electron chi connectivity index (χ2n) is 8.11. The number of benzene rings is 2. The lowest BCUT2D eigenvalue weighted by atomic mass is 10.2. The molecule has 35 heavy (non-hydrogen) atoms. The number of aryl methyl sites for hydroxylation is 1. The molecule has 1 amide bonds. The van der Waals surface area contributed by atoms with E-state index in [4.69, 9.17) is 18.9 Å². The number of amides is 1. The third-order valence-electron chi connectivity index (χ3n) is 5.74. The average Bonchev–Trinajstić information content (AvgIpc) is 3.63. The molecule has 0 aliphatic carbocycles. The van der Waals surface area contributed by atoms with E-state index in [-0.39, 0.29) is 25.9 Å². The van der Waals surface area contributed by atoms with E-state index in [0.717, 1.165) is 28.4 Å². The van der Waals surface area contributed by atoms with Crippen LogP contribution in [0.4, 0.5) is 5.82 Å². The maximum atomic E-state index is 12.4. The van der Waals surface area contributed by atoms with Crippen molar-refractivity contribution in [3.05, 3.63) is 65.5 Å². The van der Waals surface area contributed by atoms with Crippen molar-refractivity contribution in [2.45, 2.75) is 25.9 Å².